The Bertz CT molecular complexity index is 274. The van der Waals surface area contributed by atoms with Crippen LogP contribution >= 0.6 is 0 Å². The minimum Gasteiger partial charge on any atom is -0.478 e. The predicted molar refractivity (Wildman–Crippen MR) is 38.6 cm³/mol. The van der Waals surface area contributed by atoms with Crippen LogP contribution in [0.1, 0.15) is 0 Å². The van der Waals surface area contributed by atoms with E-state index in [2.05, 4.69) is 0 Å². The molecule has 0 radical (unpaired) electrons. The molecule has 0 amide bonds. The van der Waals surface area contributed by atoms with Crippen LogP contribution in [0.4, 0.5) is 0 Å². The number of aliphatic carboxylic acids is 2. The molecular formula is C4H6O8S. The van der Waals surface area contributed by atoms with E-state index in [4.69, 9.17) is 27.7 Å². The molecule has 0 bridgehead atoms. The maximum Gasteiger partial charge on any atom is 0.394 e. The van der Waals surface area contributed by atoms with Crippen molar-refractivity contribution in [3.8, 4) is 0 Å². The van der Waals surface area contributed by atoms with Crippen molar-refractivity contribution in [1.29, 1.82) is 0 Å². The van der Waals surface area contributed by atoms with E-state index in [9.17, 15) is 9.59 Å². The molecule has 0 aliphatic rings. The number of hydrogen-bond donors (Lipinski definition) is 4. The number of carboxylic acids is 2. The van der Waals surface area contributed by atoms with Gasteiger partial charge in [0.25, 0.3) is 0 Å². The normalized spacial score (nSPS) is 10.3. The lowest BCUT2D eigenvalue weighted by Gasteiger charge is -1.74. The van der Waals surface area contributed by atoms with Crippen LogP contribution in [0.2, 0.25) is 0 Å². The second-order valence-corrected chi connectivity index (χ2v) is 2.35. The highest BCUT2D eigenvalue weighted by atomic mass is 32.3. The highest BCUT2D eigenvalue weighted by Crippen LogP contribution is 1.70. The minimum atomic E-state index is -4.67. The van der Waals surface area contributed by atoms with E-state index in [0.717, 1.165) is 0 Å². The number of hydrogen-bond acceptors (Lipinski definition) is 4. The zero-order chi connectivity index (χ0) is 11.1. The van der Waals surface area contributed by atoms with Crippen LogP contribution in [0.3, 0.4) is 0 Å². The maximum atomic E-state index is 9.55. The first-order valence-electron chi connectivity index (χ1n) is 2.46. The van der Waals surface area contributed by atoms with Gasteiger partial charge < -0.3 is 10.2 Å². The molecule has 0 atom stereocenters. The van der Waals surface area contributed by atoms with E-state index in [1.807, 2.05) is 0 Å². The van der Waals surface area contributed by atoms with Crippen molar-refractivity contribution in [2.24, 2.45) is 0 Å². The molecule has 0 aliphatic heterocycles. The van der Waals surface area contributed by atoms with Crippen LogP contribution in [0.25, 0.3) is 0 Å². The molecule has 0 unspecified atom stereocenters. The Labute approximate surface area is 72.7 Å². The van der Waals surface area contributed by atoms with Gasteiger partial charge in [0.2, 0.25) is 0 Å². The molecule has 0 aromatic rings. The van der Waals surface area contributed by atoms with Gasteiger partial charge in [0.1, 0.15) is 0 Å². The van der Waals surface area contributed by atoms with Gasteiger partial charge in [-0.25, -0.2) is 9.59 Å². The van der Waals surface area contributed by atoms with Gasteiger partial charge in [-0.15, -0.1) is 0 Å². The highest BCUT2D eigenvalue weighted by molar-refractivity contribution is 7.79. The minimum absolute atomic E-state index is 0.558. The average molecular weight is 214 g/mol. The molecule has 8 nitrogen and oxygen atoms in total. The zero-order valence-corrected chi connectivity index (χ0v) is 6.80. The van der Waals surface area contributed by atoms with Gasteiger partial charge in [-0.1, -0.05) is 0 Å². The Hall–Kier alpha value is -1.45. The van der Waals surface area contributed by atoms with Crippen LogP contribution in [-0.4, -0.2) is 39.7 Å². The molecule has 76 valence electrons. The number of carboxylic acid groups (broad SMARTS) is 2. The number of rotatable bonds is 2. The van der Waals surface area contributed by atoms with Crippen molar-refractivity contribution in [2.75, 3.05) is 0 Å². The molecule has 0 heterocycles. The third-order valence-electron chi connectivity index (χ3n) is 0.368. The van der Waals surface area contributed by atoms with Gasteiger partial charge in [0.05, 0.1) is 0 Å². The van der Waals surface area contributed by atoms with E-state index >= 15 is 0 Å². The van der Waals surface area contributed by atoms with E-state index in [0.29, 0.717) is 12.2 Å². The molecule has 0 aromatic heterocycles. The van der Waals surface area contributed by atoms with Crippen LogP contribution in [0, 0.1) is 0 Å². The Kier molecular flexibility index (Phi) is 6.62. The predicted octanol–water partition coefficient (Wildman–Crippen LogP) is -0.941. The quantitative estimate of drug-likeness (QED) is 0.339. The first kappa shape index (κ1) is 14.1. The van der Waals surface area contributed by atoms with Crippen LogP contribution in [-0.2, 0) is 20.0 Å². The summed E-state index contributed by atoms with van der Waals surface area (Å²) < 4.78 is 31.6. The molecular weight excluding hydrogens is 208 g/mol. The van der Waals surface area contributed by atoms with Crippen molar-refractivity contribution < 1.29 is 37.3 Å². The number of carbonyl (C=O) groups is 2. The molecule has 0 rings (SSSR count). The summed E-state index contributed by atoms with van der Waals surface area (Å²) in [7, 11) is -4.67. The zero-order valence-electron chi connectivity index (χ0n) is 5.98. The lowest BCUT2D eigenvalue weighted by molar-refractivity contribution is -0.134. The van der Waals surface area contributed by atoms with Crippen molar-refractivity contribution in [3.05, 3.63) is 12.2 Å². The highest BCUT2D eigenvalue weighted by Gasteiger charge is 1.88. The van der Waals surface area contributed by atoms with Crippen molar-refractivity contribution >= 4 is 22.3 Å². The summed E-state index contributed by atoms with van der Waals surface area (Å²) in [6.45, 7) is 0. The van der Waals surface area contributed by atoms with Gasteiger partial charge in [-0.2, -0.15) is 8.42 Å². The largest absolute Gasteiger partial charge is 0.478 e. The van der Waals surface area contributed by atoms with E-state index in [1.165, 1.54) is 0 Å². The summed E-state index contributed by atoms with van der Waals surface area (Å²) in [5.74, 6) is -2.51. The molecule has 0 spiro atoms. The molecule has 13 heavy (non-hydrogen) atoms. The Morgan fingerprint density at radius 3 is 1.15 bits per heavy atom. The molecule has 0 saturated carbocycles. The summed E-state index contributed by atoms with van der Waals surface area (Å²) in [5.41, 5.74) is 0. The average Bonchev–Trinajstić information content (AvgIpc) is 1.79. The lowest BCUT2D eigenvalue weighted by Crippen LogP contribution is -1.91. The van der Waals surface area contributed by atoms with Crippen LogP contribution < -0.4 is 0 Å². The van der Waals surface area contributed by atoms with E-state index in [-0.39, 0.29) is 0 Å². The molecule has 0 aliphatic carbocycles. The van der Waals surface area contributed by atoms with Gasteiger partial charge in [0, 0.05) is 12.2 Å². The summed E-state index contributed by atoms with van der Waals surface area (Å²) in [6.07, 6.45) is 1.12. The lowest BCUT2D eigenvalue weighted by atomic mass is 10.5. The van der Waals surface area contributed by atoms with Gasteiger partial charge in [-0.3, -0.25) is 9.11 Å². The fraction of sp³-hybridized carbons (Fsp3) is 0. The summed E-state index contributed by atoms with van der Waals surface area (Å²) in [6, 6.07) is 0. The standard InChI is InChI=1S/C4H4O4.H2O4S/c5-3(6)1-2-4(7)8;1-5(2,3)4/h1-2H,(H,5,6)(H,7,8);(H2,1,2,3,4)/b2-1-;. The second kappa shape index (κ2) is 6.11. The molecule has 0 saturated heterocycles. The van der Waals surface area contributed by atoms with Gasteiger partial charge in [0.15, 0.2) is 0 Å². The fourth-order valence-electron chi connectivity index (χ4n) is 0.143. The Morgan fingerprint density at radius 2 is 1.08 bits per heavy atom. The first-order chi connectivity index (χ1) is 5.63. The maximum absolute atomic E-state index is 9.55. The molecule has 9 heteroatoms. The topological polar surface area (TPSA) is 149 Å². The molecule has 0 aromatic carbocycles. The third kappa shape index (κ3) is 61.2. The fourth-order valence-corrected chi connectivity index (χ4v) is 0.143. The van der Waals surface area contributed by atoms with E-state index in [1.54, 1.807) is 0 Å². The smallest absolute Gasteiger partial charge is 0.394 e. The monoisotopic (exact) mass is 214 g/mol. The van der Waals surface area contributed by atoms with Gasteiger partial charge >= 0.3 is 22.3 Å². The molecule has 4 N–H and O–H groups in total. The Morgan fingerprint density at radius 1 is 0.923 bits per heavy atom. The van der Waals surface area contributed by atoms with Crippen molar-refractivity contribution in [1.82, 2.24) is 0 Å². The van der Waals surface area contributed by atoms with Crippen molar-refractivity contribution in [3.63, 3.8) is 0 Å². The summed E-state index contributed by atoms with van der Waals surface area (Å²) >= 11 is 0. The summed E-state index contributed by atoms with van der Waals surface area (Å²) in [5, 5.41) is 15.6. The van der Waals surface area contributed by atoms with Crippen LogP contribution in [0.5, 0.6) is 0 Å². The Balaban J connectivity index is 0. The van der Waals surface area contributed by atoms with Gasteiger partial charge in [-0.05, 0) is 0 Å². The van der Waals surface area contributed by atoms with E-state index < -0.39 is 22.3 Å². The van der Waals surface area contributed by atoms with Crippen LogP contribution in [0.15, 0.2) is 12.2 Å². The second-order valence-electron chi connectivity index (χ2n) is 1.46. The summed E-state index contributed by atoms with van der Waals surface area (Å²) in [4.78, 5) is 19.1. The molecule has 0 fully saturated rings. The first-order valence-corrected chi connectivity index (χ1v) is 3.86. The van der Waals surface area contributed by atoms with Crippen molar-refractivity contribution in [2.45, 2.75) is 0 Å². The SMILES string of the molecule is O=C(O)/C=C\C(=O)O.O=S(=O)(O)O. The third-order valence-corrected chi connectivity index (χ3v) is 0.368.